The van der Waals surface area contributed by atoms with Gasteiger partial charge in [-0.2, -0.15) is 0 Å². The highest BCUT2D eigenvalue weighted by Crippen LogP contribution is 2.05. The second kappa shape index (κ2) is 9.42. The molecule has 0 heterocycles. The minimum Gasteiger partial charge on any atom is -0.379 e. The van der Waals surface area contributed by atoms with Crippen LogP contribution in [0.1, 0.15) is 11.1 Å². The van der Waals surface area contributed by atoms with E-state index >= 15 is 0 Å². The van der Waals surface area contributed by atoms with Crippen LogP contribution in [-0.4, -0.2) is 38.3 Å². The molecule has 0 fully saturated rings. The molecule has 2 N–H and O–H groups in total. The molecular weight excluding hydrogens is 236 g/mol. The van der Waals surface area contributed by atoms with Crippen molar-refractivity contribution in [1.82, 2.24) is 4.90 Å². The maximum absolute atomic E-state index is 5.34. The zero-order valence-corrected chi connectivity index (χ0v) is 11.5. The van der Waals surface area contributed by atoms with Crippen LogP contribution in [-0.2, 0) is 11.3 Å². The predicted octanol–water partition coefficient (Wildman–Crippen LogP) is 1.82. The van der Waals surface area contributed by atoms with Gasteiger partial charge in [0, 0.05) is 19.6 Å². The van der Waals surface area contributed by atoms with E-state index in [-0.39, 0.29) is 12.4 Å². The lowest BCUT2D eigenvalue weighted by atomic mass is 10.1. The first-order valence-corrected chi connectivity index (χ1v) is 5.74. The number of nitrogens with zero attached hydrogens (tertiary/aromatic N) is 1. The van der Waals surface area contributed by atoms with Gasteiger partial charge in [0.05, 0.1) is 13.2 Å². The van der Waals surface area contributed by atoms with Gasteiger partial charge in [-0.1, -0.05) is 29.8 Å². The molecular formula is C13H23ClN2O. The summed E-state index contributed by atoms with van der Waals surface area (Å²) in [5.41, 5.74) is 7.99. The van der Waals surface area contributed by atoms with Gasteiger partial charge in [0.2, 0.25) is 0 Å². The number of halogens is 1. The Hall–Kier alpha value is -0.610. The maximum atomic E-state index is 5.34. The molecule has 0 aliphatic rings. The molecule has 1 aromatic carbocycles. The number of nitrogens with two attached hydrogens (primary N) is 1. The molecule has 0 spiro atoms. The van der Waals surface area contributed by atoms with Crippen LogP contribution in [0.25, 0.3) is 0 Å². The van der Waals surface area contributed by atoms with Gasteiger partial charge in [-0.25, -0.2) is 0 Å². The van der Waals surface area contributed by atoms with Crippen LogP contribution in [0.4, 0.5) is 0 Å². The Morgan fingerprint density at radius 1 is 1.18 bits per heavy atom. The van der Waals surface area contributed by atoms with Crippen molar-refractivity contribution in [2.24, 2.45) is 5.73 Å². The van der Waals surface area contributed by atoms with Crippen LogP contribution < -0.4 is 5.73 Å². The zero-order chi connectivity index (χ0) is 11.8. The highest BCUT2D eigenvalue weighted by Gasteiger charge is 1.99. The number of rotatable bonds is 7. The van der Waals surface area contributed by atoms with Crippen molar-refractivity contribution in [3.63, 3.8) is 0 Å². The molecule has 1 rings (SSSR count). The molecule has 4 heteroatoms. The van der Waals surface area contributed by atoms with Crippen molar-refractivity contribution < 1.29 is 4.74 Å². The molecule has 17 heavy (non-hydrogen) atoms. The molecule has 98 valence electrons. The Labute approximate surface area is 110 Å². The van der Waals surface area contributed by atoms with E-state index in [1.54, 1.807) is 0 Å². The molecule has 0 saturated carbocycles. The molecule has 0 aliphatic heterocycles. The zero-order valence-electron chi connectivity index (χ0n) is 10.7. The average molecular weight is 259 g/mol. The van der Waals surface area contributed by atoms with Gasteiger partial charge in [0.15, 0.2) is 0 Å². The molecule has 0 unspecified atom stereocenters. The Morgan fingerprint density at radius 3 is 2.41 bits per heavy atom. The van der Waals surface area contributed by atoms with Gasteiger partial charge in [0.1, 0.15) is 0 Å². The smallest absolute Gasteiger partial charge is 0.0594 e. The molecule has 0 atom stereocenters. The summed E-state index contributed by atoms with van der Waals surface area (Å²) in [5, 5.41) is 0. The molecule has 0 saturated heterocycles. The van der Waals surface area contributed by atoms with Crippen LogP contribution in [0.3, 0.4) is 0 Å². The van der Waals surface area contributed by atoms with E-state index in [9.17, 15) is 0 Å². The minimum absolute atomic E-state index is 0. The van der Waals surface area contributed by atoms with Crippen molar-refractivity contribution in [2.45, 2.75) is 13.5 Å². The van der Waals surface area contributed by atoms with Crippen molar-refractivity contribution in [3.05, 3.63) is 35.4 Å². The fourth-order valence-electron chi connectivity index (χ4n) is 1.49. The van der Waals surface area contributed by atoms with E-state index in [4.69, 9.17) is 10.5 Å². The summed E-state index contributed by atoms with van der Waals surface area (Å²) in [7, 11) is 2.10. The van der Waals surface area contributed by atoms with Gasteiger partial charge in [-0.3, -0.25) is 4.90 Å². The van der Waals surface area contributed by atoms with E-state index in [0.29, 0.717) is 13.2 Å². The third kappa shape index (κ3) is 7.34. The summed E-state index contributed by atoms with van der Waals surface area (Å²) in [6.45, 7) is 6.01. The summed E-state index contributed by atoms with van der Waals surface area (Å²) in [6.07, 6.45) is 0. The quantitative estimate of drug-likeness (QED) is 0.759. The van der Waals surface area contributed by atoms with Crippen molar-refractivity contribution >= 4 is 12.4 Å². The van der Waals surface area contributed by atoms with Crippen molar-refractivity contribution in [2.75, 3.05) is 33.4 Å². The standard InChI is InChI=1S/C13H22N2O.ClH/c1-12-3-5-13(6-4-12)11-15(2)8-10-16-9-7-14;/h3-6H,7-11,14H2,1-2H3;1H. The summed E-state index contributed by atoms with van der Waals surface area (Å²) in [6, 6.07) is 8.64. The molecule has 1 aromatic rings. The summed E-state index contributed by atoms with van der Waals surface area (Å²) < 4.78 is 5.34. The number of hydrogen-bond donors (Lipinski definition) is 1. The summed E-state index contributed by atoms with van der Waals surface area (Å²) in [4.78, 5) is 2.25. The first kappa shape index (κ1) is 16.4. The van der Waals surface area contributed by atoms with Crippen LogP contribution in [0.5, 0.6) is 0 Å². The SMILES string of the molecule is Cc1ccc(CN(C)CCOCCN)cc1.Cl. The Kier molecular flexibility index (Phi) is 9.09. The van der Waals surface area contributed by atoms with E-state index in [2.05, 4.69) is 43.1 Å². The summed E-state index contributed by atoms with van der Waals surface area (Å²) in [5.74, 6) is 0. The van der Waals surface area contributed by atoms with Crippen LogP contribution in [0.15, 0.2) is 24.3 Å². The third-order valence-corrected chi connectivity index (χ3v) is 2.45. The number of ether oxygens (including phenoxy) is 1. The van der Waals surface area contributed by atoms with E-state index < -0.39 is 0 Å². The second-order valence-electron chi connectivity index (χ2n) is 4.12. The highest BCUT2D eigenvalue weighted by molar-refractivity contribution is 5.85. The van der Waals surface area contributed by atoms with Crippen LogP contribution in [0, 0.1) is 6.92 Å². The number of benzene rings is 1. The molecule has 3 nitrogen and oxygen atoms in total. The van der Waals surface area contributed by atoms with Crippen LogP contribution >= 0.6 is 12.4 Å². The molecule has 0 radical (unpaired) electrons. The lowest BCUT2D eigenvalue weighted by Crippen LogP contribution is -2.23. The van der Waals surface area contributed by atoms with E-state index in [1.165, 1.54) is 11.1 Å². The first-order chi connectivity index (χ1) is 7.72. The van der Waals surface area contributed by atoms with Crippen LogP contribution in [0.2, 0.25) is 0 Å². The normalized spacial score (nSPS) is 10.4. The molecule has 0 aliphatic carbocycles. The fourth-order valence-corrected chi connectivity index (χ4v) is 1.49. The Bertz CT molecular complexity index is 290. The van der Waals surface area contributed by atoms with Gasteiger partial charge >= 0.3 is 0 Å². The lowest BCUT2D eigenvalue weighted by molar-refractivity contribution is 0.115. The van der Waals surface area contributed by atoms with Crippen molar-refractivity contribution in [3.8, 4) is 0 Å². The molecule has 0 aromatic heterocycles. The third-order valence-electron chi connectivity index (χ3n) is 2.45. The van der Waals surface area contributed by atoms with E-state index in [1.807, 2.05) is 0 Å². The maximum Gasteiger partial charge on any atom is 0.0594 e. The predicted molar refractivity (Wildman–Crippen MR) is 74.6 cm³/mol. The Morgan fingerprint density at radius 2 is 1.82 bits per heavy atom. The first-order valence-electron chi connectivity index (χ1n) is 5.74. The number of aryl methyl sites for hydroxylation is 1. The number of hydrogen-bond acceptors (Lipinski definition) is 3. The topological polar surface area (TPSA) is 38.5 Å². The fraction of sp³-hybridized carbons (Fsp3) is 0.538. The van der Waals surface area contributed by atoms with Crippen molar-refractivity contribution in [1.29, 1.82) is 0 Å². The summed E-state index contributed by atoms with van der Waals surface area (Å²) >= 11 is 0. The second-order valence-corrected chi connectivity index (χ2v) is 4.12. The average Bonchev–Trinajstić information content (AvgIpc) is 2.28. The van der Waals surface area contributed by atoms with Gasteiger partial charge in [-0.15, -0.1) is 12.4 Å². The number of likely N-dealkylation sites (N-methyl/N-ethyl adjacent to an activating group) is 1. The minimum atomic E-state index is 0. The molecule has 0 amide bonds. The van der Waals surface area contributed by atoms with Gasteiger partial charge < -0.3 is 10.5 Å². The lowest BCUT2D eigenvalue weighted by Gasteiger charge is -2.16. The Balaban J connectivity index is 0.00000256. The van der Waals surface area contributed by atoms with Gasteiger partial charge in [-0.05, 0) is 19.5 Å². The van der Waals surface area contributed by atoms with Gasteiger partial charge in [0.25, 0.3) is 0 Å². The highest BCUT2D eigenvalue weighted by atomic mass is 35.5. The molecule has 0 bridgehead atoms. The monoisotopic (exact) mass is 258 g/mol. The van der Waals surface area contributed by atoms with E-state index in [0.717, 1.165) is 19.7 Å². The largest absolute Gasteiger partial charge is 0.379 e.